The molecule has 0 aliphatic carbocycles. The molecule has 1 unspecified atom stereocenters. The second kappa shape index (κ2) is 6.77. The first kappa shape index (κ1) is 14.9. The van der Waals surface area contributed by atoms with Crippen LogP contribution in [-0.4, -0.2) is 38.3 Å². The van der Waals surface area contributed by atoms with Crippen LogP contribution in [0.1, 0.15) is 17.5 Å². The summed E-state index contributed by atoms with van der Waals surface area (Å²) in [5.41, 5.74) is 2.72. The summed E-state index contributed by atoms with van der Waals surface area (Å²) in [6, 6.07) is 8.61. The lowest BCUT2D eigenvalue weighted by Crippen LogP contribution is -2.31. The minimum Gasteiger partial charge on any atom is -0.312 e. The van der Waals surface area contributed by atoms with E-state index in [1.165, 1.54) is 11.1 Å². The number of aryl methyl sites for hydroxylation is 1. The Morgan fingerprint density at radius 1 is 1.37 bits per heavy atom. The lowest BCUT2D eigenvalue weighted by Gasteiger charge is -2.10. The summed E-state index contributed by atoms with van der Waals surface area (Å²) in [4.78, 5) is 0. The maximum Gasteiger partial charge on any atom is 0.151 e. The molecule has 1 N–H and O–H groups in total. The van der Waals surface area contributed by atoms with Crippen molar-refractivity contribution in [3.8, 4) is 0 Å². The molecule has 1 atom stereocenters. The average molecular weight is 299 g/mol. The largest absolute Gasteiger partial charge is 0.312 e. The van der Waals surface area contributed by atoms with Crippen molar-refractivity contribution < 1.29 is 8.42 Å². The molecule has 1 fully saturated rings. The Labute approximate surface area is 120 Å². The van der Waals surface area contributed by atoms with E-state index in [0.29, 0.717) is 11.5 Å². The SMILES string of the molecule is Cc1ccccc1CSCCNC1CCS(=O)(=O)C1. The highest BCUT2D eigenvalue weighted by atomic mass is 32.2. The van der Waals surface area contributed by atoms with Gasteiger partial charge in [-0.15, -0.1) is 0 Å². The minimum absolute atomic E-state index is 0.170. The van der Waals surface area contributed by atoms with Gasteiger partial charge in [-0.05, 0) is 24.5 Å². The summed E-state index contributed by atoms with van der Waals surface area (Å²) in [5, 5.41) is 3.34. The molecule has 2 rings (SSSR count). The molecule has 0 spiro atoms. The Morgan fingerprint density at radius 3 is 2.84 bits per heavy atom. The predicted octanol–water partition coefficient (Wildman–Crippen LogP) is 2.00. The first-order valence-electron chi connectivity index (χ1n) is 6.63. The van der Waals surface area contributed by atoms with Crippen molar-refractivity contribution in [3.05, 3.63) is 35.4 Å². The van der Waals surface area contributed by atoms with Crippen molar-refractivity contribution in [1.82, 2.24) is 5.32 Å². The fraction of sp³-hybridized carbons (Fsp3) is 0.571. The van der Waals surface area contributed by atoms with Gasteiger partial charge in [0.1, 0.15) is 0 Å². The van der Waals surface area contributed by atoms with Crippen molar-refractivity contribution in [2.45, 2.75) is 25.1 Å². The summed E-state index contributed by atoms with van der Waals surface area (Å²) in [6.45, 7) is 3.02. The number of nitrogens with one attached hydrogen (secondary N) is 1. The summed E-state index contributed by atoms with van der Waals surface area (Å²) >= 11 is 1.89. The molecule has 106 valence electrons. The molecule has 0 bridgehead atoms. The van der Waals surface area contributed by atoms with Gasteiger partial charge < -0.3 is 5.32 Å². The van der Waals surface area contributed by atoms with Gasteiger partial charge in [0.2, 0.25) is 0 Å². The molecule has 1 heterocycles. The zero-order chi connectivity index (χ0) is 13.7. The fourth-order valence-corrected chi connectivity index (χ4v) is 4.90. The summed E-state index contributed by atoms with van der Waals surface area (Å²) in [5.74, 6) is 2.71. The number of benzene rings is 1. The van der Waals surface area contributed by atoms with Crippen molar-refractivity contribution >= 4 is 21.6 Å². The highest BCUT2D eigenvalue weighted by Crippen LogP contribution is 2.16. The van der Waals surface area contributed by atoms with Crippen LogP contribution in [0.4, 0.5) is 0 Å². The summed E-state index contributed by atoms with van der Waals surface area (Å²) < 4.78 is 22.6. The molecule has 1 saturated heterocycles. The molecule has 1 aliphatic rings. The van der Waals surface area contributed by atoms with Crippen LogP contribution in [0, 0.1) is 6.92 Å². The van der Waals surface area contributed by atoms with Gasteiger partial charge >= 0.3 is 0 Å². The van der Waals surface area contributed by atoms with Crippen LogP contribution >= 0.6 is 11.8 Å². The van der Waals surface area contributed by atoms with Gasteiger partial charge in [0.05, 0.1) is 11.5 Å². The third-order valence-electron chi connectivity index (χ3n) is 3.43. The van der Waals surface area contributed by atoms with Crippen LogP contribution in [0.2, 0.25) is 0 Å². The molecule has 1 aliphatic heterocycles. The lowest BCUT2D eigenvalue weighted by atomic mass is 10.1. The molecule has 5 heteroatoms. The molecular weight excluding hydrogens is 278 g/mol. The van der Waals surface area contributed by atoms with Crippen molar-refractivity contribution in [2.24, 2.45) is 0 Å². The summed E-state index contributed by atoms with van der Waals surface area (Å²) in [7, 11) is -2.76. The number of thioether (sulfide) groups is 1. The van der Waals surface area contributed by atoms with E-state index < -0.39 is 9.84 Å². The molecule has 0 aromatic heterocycles. The maximum absolute atomic E-state index is 11.3. The van der Waals surface area contributed by atoms with Crippen LogP contribution in [-0.2, 0) is 15.6 Å². The normalized spacial score (nSPS) is 21.6. The molecule has 0 radical (unpaired) electrons. The topological polar surface area (TPSA) is 46.2 Å². The Kier molecular flexibility index (Phi) is 5.30. The molecular formula is C14H21NO2S2. The zero-order valence-electron chi connectivity index (χ0n) is 11.3. The third kappa shape index (κ3) is 4.82. The van der Waals surface area contributed by atoms with Crippen LogP contribution in [0.5, 0.6) is 0 Å². The number of hydrogen-bond donors (Lipinski definition) is 1. The van der Waals surface area contributed by atoms with Crippen LogP contribution in [0.3, 0.4) is 0 Å². The van der Waals surface area contributed by atoms with E-state index in [2.05, 4.69) is 36.5 Å². The van der Waals surface area contributed by atoms with E-state index in [-0.39, 0.29) is 6.04 Å². The predicted molar refractivity (Wildman–Crippen MR) is 82.4 cm³/mol. The van der Waals surface area contributed by atoms with E-state index in [0.717, 1.165) is 24.5 Å². The van der Waals surface area contributed by atoms with Gasteiger partial charge in [-0.3, -0.25) is 0 Å². The van der Waals surface area contributed by atoms with Gasteiger partial charge in [0.15, 0.2) is 9.84 Å². The van der Waals surface area contributed by atoms with E-state index in [1.807, 2.05) is 11.8 Å². The maximum atomic E-state index is 11.3. The Bertz CT molecular complexity index is 514. The molecule has 1 aromatic carbocycles. The van der Waals surface area contributed by atoms with E-state index in [4.69, 9.17) is 0 Å². The lowest BCUT2D eigenvalue weighted by molar-refractivity contribution is 0.575. The Hall–Kier alpha value is -0.520. The minimum atomic E-state index is -2.76. The number of rotatable bonds is 6. The smallest absolute Gasteiger partial charge is 0.151 e. The quantitative estimate of drug-likeness (QED) is 0.816. The second-order valence-corrected chi connectivity index (χ2v) is 8.37. The second-order valence-electron chi connectivity index (χ2n) is 5.03. The molecule has 3 nitrogen and oxygen atoms in total. The van der Waals surface area contributed by atoms with Crippen LogP contribution < -0.4 is 5.32 Å². The van der Waals surface area contributed by atoms with Gasteiger partial charge in [0, 0.05) is 24.1 Å². The van der Waals surface area contributed by atoms with Crippen LogP contribution in [0.15, 0.2) is 24.3 Å². The van der Waals surface area contributed by atoms with Gasteiger partial charge in [0.25, 0.3) is 0 Å². The van der Waals surface area contributed by atoms with Gasteiger partial charge in [-0.1, -0.05) is 24.3 Å². The molecule has 0 saturated carbocycles. The van der Waals surface area contributed by atoms with Crippen molar-refractivity contribution in [3.63, 3.8) is 0 Å². The number of hydrogen-bond acceptors (Lipinski definition) is 4. The van der Waals surface area contributed by atoms with Crippen LogP contribution in [0.25, 0.3) is 0 Å². The fourth-order valence-electron chi connectivity index (χ4n) is 2.25. The van der Waals surface area contributed by atoms with E-state index >= 15 is 0 Å². The Balaban J connectivity index is 1.62. The highest BCUT2D eigenvalue weighted by Gasteiger charge is 2.26. The third-order valence-corrected chi connectivity index (χ3v) is 6.21. The zero-order valence-corrected chi connectivity index (χ0v) is 12.9. The van der Waals surface area contributed by atoms with Crippen molar-refractivity contribution in [2.75, 3.05) is 23.8 Å². The average Bonchev–Trinajstić information content (AvgIpc) is 2.71. The summed E-state index contributed by atoms with van der Waals surface area (Å²) in [6.07, 6.45) is 0.769. The van der Waals surface area contributed by atoms with E-state index in [1.54, 1.807) is 0 Å². The van der Waals surface area contributed by atoms with E-state index in [9.17, 15) is 8.42 Å². The van der Waals surface area contributed by atoms with Gasteiger partial charge in [-0.2, -0.15) is 11.8 Å². The first-order valence-corrected chi connectivity index (χ1v) is 9.60. The molecule has 0 amide bonds. The Morgan fingerprint density at radius 2 is 2.16 bits per heavy atom. The molecule has 19 heavy (non-hydrogen) atoms. The highest BCUT2D eigenvalue weighted by molar-refractivity contribution is 7.98. The number of sulfone groups is 1. The first-order chi connectivity index (χ1) is 9.07. The van der Waals surface area contributed by atoms with Crippen molar-refractivity contribution in [1.29, 1.82) is 0 Å². The van der Waals surface area contributed by atoms with Gasteiger partial charge in [-0.25, -0.2) is 8.42 Å². The monoisotopic (exact) mass is 299 g/mol. The molecule has 1 aromatic rings. The standard InChI is InChI=1S/C14H21NO2S2/c1-12-4-2-3-5-13(12)10-18-8-7-15-14-6-9-19(16,17)11-14/h2-5,14-15H,6-11H2,1H3.